The molecule has 0 radical (unpaired) electrons. The van der Waals surface area contributed by atoms with Crippen LogP contribution < -0.4 is 14.4 Å². The molecule has 8 atom stereocenters. The molecule has 8 nitrogen and oxygen atoms in total. The maximum atomic E-state index is 13.4. The number of aldehydes is 1. The Kier molecular flexibility index (Phi) is 8.52. The summed E-state index contributed by atoms with van der Waals surface area (Å²) in [4.78, 5) is 28.4. The SMILES string of the molecule is CO[C@]1(C=O)/C=C/C[C@H](C)[C@@H](C)S(=O)(=O)NC(=O)c2ccc3c(c2)N(C[C@@H]2CC[C@H]21)C[C@@]1(CCCC2C=C(Cl)C=CC21)CO3. The largest absolute Gasteiger partial charge is 0.491 e. The second kappa shape index (κ2) is 12.0. The molecule has 2 saturated carbocycles. The summed E-state index contributed by atoms with van der Waals surface area (Å²) in [7, 11) is -2.39. The van der Waals surface area contributed by atoms with E-state index >= 15 is 0 Å². The number of amides is 1. The van der Waals surface area contributed by atoms with Crippen molar-refractivity contribution in [3.63, 3.8) is 0 Å². The van der Waals surface area contributed by atoms with Crippen molar-refractivity contribution in [2.24, 2.45) is 35.0 Å². The second-order valence-electron chi connectivity index (χ2n) is 13.6. The topological polar surface area (TPSA) is 102 Å². The van der Waals surface area contributed by atoms with E-state index in [9.17, 15) is 18.0 Å². The van der Waals surface area contributed by atoms with Gasteiger partial charge in [-0.05, 0) is 93.1 Å². The quantitative estimate of drug-likeness (QED) is 0.329. The molecule has 2 bridgehead atoms. The fraction of sp³-hybridized carbons (Fsp3) is 0.588. The number of benzene rings is 1. The van der Waals surface area contributed by atoms with E-state index < -0.39 is 26.8 Å². The molecule has 1 aromatic carbocycles. The lowest BCUT2D eigenvalue weighted by Crippen LogP contribution is -2.54. The first kappa shape index (κ1) is 31.4. The minimum Gasteiger partial charge on any atom is -0.491 e. The van der Waals surface area contributed by atoms with Gasteiger partial charge in [0.05, 0.1) is 17.5 Å². The van der Waals surface area contributed by atoms with Crippen LogP contribution in [0.25, 0.3) is 0 Å². The predicted molar refractivity (Wildman–Crippen MR) is 171 cm³/mol. The van der Waals surface area contributed by atoms with Crippen molar-refractivity contribution in [3.05, 3.63) is 59.2 Å². The lowest BCUT2D eigenvalue weighted by molar-refractivity contribution is -0.136. The van der Waals surface area contributed by atoms with Crippen molar-refractivity contribution in [1.29, 1.82) is 0 Å². The first-order chi connectivity index (χ1) is 21.0. The standard InChI is InChI=1S/C34H43ClN2O6S/c1-22-6-4-15-34(20-38,42-3)29-11-8-26(29)18-37-19-33(14-5-7-24-16-27(35)10-12-28(24)33)21-43-31-13-9-25(17-30(31)37)32(39)36-44(40,41)23(22)2/h4,9-10,12-13,15-17,20,22-24,26,28-29H,5-8,11,14,18-19,21H2,1-3H3,(H,36,39)/b15-4+/t22-,23+,24?,26-,28?,29+,33-,34-/m0/s1. The van der Waals surface area contributed by atoms with Gasteiger partial charge in [0.15, 0.2) is 6.29 Å². The third-order valence-corrected chi connectivity index (χ3v) is 13.4. The summed E-state index contributed by atoms with van der Waals surface area (Å²) < 4.78 is 41.4. The molecule has 2 fully saturated rings. The van der Waals surface area contributed by atoms with Gasteiger partial charge < -0.3 is 14.4 Å². The Hall–Kier alpha value is -2.62. The van der Waals surface area contributed by atoms with Gasteiger partial charge in [-0.1, -0.05) is 43.2 Å². The van der Waals surface area contributed by atoms with Gasteiger partial charge in [0.2, 0.25) is 10.0 Å². The monoisotopic (exact) mass is 642 g/mol. The molecular formula is C34H43ClN2O6S. The highest BCUT2D eigenvalue weighted by Crippen LogP contribution is 2.53. The average Bonchev–Trinajstić information content (AvgIpc) is 3.14. The second-order valence-corrected chi connectivity index (χ2v) is 16.1. The number of methoxy groups -OCH3 is 1. The van der Waals surface area contributed by atoms with E-state index in [2.05, 4.69) is 21.8 Å². The average molecular weight is 643 g/mol. The highest BCUT2D eigenvalue weighted by molar-refractivity contribution is 7.90. The van der Waals surface area contributed by atoms with Gasteiger partial charge >= 0.3 is 0 Å². The number of hydrogen-bond acceptors (Lipinski definition) is 7. The predicted octanol–water partition coefficient (Wildman–Crippen LogP) is 5.64. The zero-order valence-electron chi connectivity index (χ0n) is 25.7. The molecule has 5 aliphatic rings. The number of halogens is 1. The summed E-state index contributed by atoms with van der Waals surface area (Å²) in [6, 6.07) is 5.20. The summed E-state index contributed by atoms with van der Waals surface area (Å²) in [5, 5.41) is -0.0601. The van der Waals surface area contributed by atoms with Gasteiger partial charge in [0, 0.05) is 42.1 Å². The molecule has 2 aliphatic heterocycles. The Morgan fingerprint density at radius 2 is 2.02 bits per heavy atom. The Balaban J connectivity index is 1.44. The van der Waals surface area contributed by atoms with E-state index in [4.69, 9.17) is 21.1 Å². The van der Waals surface area contributed by atoms with Gasteiger partial charge in [-0.25, -0.2) is 13.1 Å². The molecule has 3 aliphatic carbocycles. The van der Waals surface area contributed by atoms with Crippen LogP contribution in [0, 0.1) is 35.0 Å². The van der Waals surface area contributed by atoms with Crippen molar-refractivity contribution in [2.75, 3.05) is 31.7 Å². The molecule has 0 aromatic heterocycles. The fourth-order valence-electron chi connectivity index (χ4n) is 8.18. The smallest absolute Gasteiger partial charge is 0.264 e. The van der Waals surface area contributed by atoms with Crippen molar-refractivity contribution >= 4 is 39.5 Å². The van der Waals surface area contributed by atoms with Gasteiger partial charge in [-0.2, -0.15) is 0 Å². The van der Waals surface area contributed by atoms with Gasteiger partial charge in [-0.3, -0.25) is 9.59 Å². The van der Waals surface area contributed by atoms with Gasteiger partial charge in [0.1, 0.15) is 11.4 Å². The van der Waals surface area contributed by atoms with Crippen LogP contribution in [0.4, 0.5) is 5.69 Å². The highest BCUT2D eigenvalue weighted by atomic mass is 35.5. The number of carbonyl (C=O) groups excluding carboxylic acids is 2. The number of allylic oxidation sites excluding steroid dienone is 5. The molecule has 1 N–H and O–H groups in total. The van der Waals surface area contributed by atoms with E-state index in [0.717, 1.165) is 49.1 Å². The zero-order chi connectivity index (χ0) is 31.3. The minimum absolute atomic E-state index is 0.0314. The van der Waals surface area contributed by atoms with E-state index in [-0.39, 0.29) is 34.7 Å². The zero-order valence-corrected chi connectivity index (χ0v) is 27.3. The van der Waals surface area contributed by atoms with E-state index in [1.54, 1.807) is 32.2 Å². The lowest BCUT2D eigenvalue weighted by atomic mass is 9.60. The fourth-order valence-corrected chi connectivity index (χ4v) is 9.70. The lowest BCUT2D eigenvalue weighted by Gasteiger charge is -2.50. The van der Waals surface area contributed by atoms with Crippen LogP contribution in [0.15, 0.2) is 53.6 Å². The van der Waals surface area contributed by atoms with Crippen molar-refractivity contribution in [2.45, 2.75) is 63.2 Å². The summed E-state index contributed by atoms with van der Waals surface area (Å²) in [6.45, 7) is 5.32. The molecule has 238 valence electrons. The third-order valence-electron chi connectivity index (χ3n) is 11.2. The molecule has 1 spiro atoms. The van der Waals surface area contributed by atoms with E-state index in [1.165, 1.54) is 0 Å². The number of nitrogens with zero attached hydrogens (tertiary/aromatic N) is 1. The Morgan fingerprint density at radius 1 is 1.20 bits per heavy atom. The maximum absolute atomic E-state index is 13.4. The molecule has 10 heteroatoms. The van der Waals surface area contributed by atoms with Crippen LogP contribution in [0.3, 0.4) is 0 Å². The number of anilines is 1. The molecule has 1 aromatic rings. The number of sulfonamides is 1. The van der Waals surface area contributed by atoms with E-state index in [1.807, 2.05) is 25.2 Å². The summed E-state index contributed by atoms with van der Waals surface area (Å²) in [5.41, 5.74) is -0.245. The number of ether oxygens (including phenoxy) is 2. The molecule has 2 unspecified atom stereocenters. The molecule has 0 saturated heterocycles. The van der Waals surface area contributed by atoms with Crippen LogP contribution in [0.2, 0.25) is 0 Å². The molecular weight excluding hydrogens is 600 g/mol. The Bertz CT molecular complexity index is 1510. The molecule has 6 rings (SSSR count). The van der Waals surface area contributed by atoms with Crippen molar-refractivity contribution < 1.29 is 27.5 Å². The first-order valence-electron chi connectivity index (χ1n) is 15.8. The Labute approximate surface area is 265 Å². The molecule has 2 heterocycles. The summed E-state index contributed by atoms with van der Waals surface area (Å²) in [6.07, 6.45) is 16.4. The number of rotatable bonds is 2. The molecule has 44 heavy (non-hydrogen) atoms. The summed E-state index contributed by atoms with van der Waals surface area (Å²) >= 11 is 6.44. The van der Waals surface area contributed by atoms with Gasteiger partial charge in [-0.15, -0.1) is 0 Å². The number of carbonyl (C=O) groups is 2. The number of nitrogens with one attached hydrogen (secondary N) is 1. The molecule has 1 amide bonds. The van der Waals surface area contributed by atoms with Crippen molar-refractivity contribution in [1.82, 2.24) is 4.72 Å². The van der Waals surface area contributed by atoms with Crippen LogP contribution in [0.5, 0.6) is 5.75 Å². The van der Waals surface area contributed by atoms with Crippen molar-refractivity contribution in [3.8, 4) is 5.75 Å². The maximum Gasteiger partial charge on any atom is 0.264 e. The third kappa shape index (κ3) is 5.53. The van der Waals surface area contributed by atoms with Crippen LogP contribution in [-0.2, 0) is 19.6 Å². The summed E-state index contributed by atoms with van der Waals surface area (Å²) in [5.74, 6) is 0.436. The van der Waals surface area contributed by atoms with Crippen LogP contribution >= 0.6 is 11.6 Å². The first-order valence-corrected chi connectivity index (χ1v) is 17.8. The number of hydrogen-bond donors (Lipinski definition) is 1. The minimum atomic E-state index is -3.97. The number of fused-ring (bicyclic) bond motifs is 4. The normalized spacial score (nSPS) is 39.0. The Morgan fingerprint density at radius 3 is 2.75 bits per heavy atom. The highest BCUT2D eigenvalue weighted by Gasteiger charge is 2.51. The van der Waals surface area contributed by atoms with Gasteiger partial charge in [0.25, 0.3) is 5.91 Å². The van der Waals surface area contributed by atoms with Crippen LogP contribution in [0.1, 0.15) is 62.7 Å². The van der Waals surface area contributed by atoms with E-state index in [0.29, 0.717) is 37.8 Å². The van der Waals surface area contributed by atoms with Crippen LogP contribution in [-0.4, -0.2) is 58.3 Å².